The van der Waals surface area contributed by atoms with Crippen molar-refractivity contribution < 1.29 is 33.8 Å². The molecule has 0 saturated carbocycles. The Morgan fingerprint density at radius 1 is 1.45 bits per heavy atom. The van der Waals surface area contributed by atoms with Crippen molar-refractivity contribution in [2.24, 2.45) is 5.73 Å². The summed E-state index contributed by atoms with van der Waals surface area (Å²) in [5.74, 6) is -2.33. The van der Waals surface area contributed by atoms with E-state index in [4.69, 9.17) is 20.4 Å². The molecule has 9 nitrogen and oxygen atoms in total. The minimum Gasteiger partial charge on any atom is -0.480 e. The summed E-state index contributed by atoms with van der Waals surface area (Å²) in [7, 11) is 1.48. The van der Waals surface area contributed by atoms with Crippen molar-refractivity contribution in [2.75, 3.05) is 13.7 Å². The Morgan fingerprint density at radius 2 is 2.05 bits per heavy atom. The summed E-state index contributed by atoms with van der Waals surface area (Å²) in [5, 5.41) is 11.4. The lowest BCUT2D eigenvalue weighted by Gasteiger charge is -2.13. The van der Waals surface area contributed by atoms with Crippen molar-refractivity contribution in [3.8, 4) is 0 Å². The third-order valence-electron chi connectivity index (χ3n) is 2.58. The molecule has 0 aromatic carbocycles. The second-order valence-electron chi connectivity index (χ2n) is 3.98. The van der Waals surface area contributed by atoms with Gasteiger partial charge in [-0.15, -0.1) is 0 Å². The quantitative estimate of drug-likeness (QED) is 0.300. The number of hydrogen-bond donors (Lipinski definition) is 4. The maximum absolute atomic E-state index is 11.4. The van der Waals surface area contributed by atoms with Crippen molar-refractivity contribution in [2.45, 2.75) is 31.0 Å². The predicted molar refractivity (Wildman–Crippen MR) is 70.7 cm³/mol. The summed E-state index contributed by atoms with van der Waals surface area (Å²) in [6.45, 7) is 0.274. The number of carbonyl (C=O) groups excluding carboxylic acids is 2. The number of aliphatic carboxylic acids is 1. The molecule has 0 aromatic rings. The third-order valence-corrected chi connectivity index (χ3v) is 2.58. The van der Waals surface area contributed by atoms with Crippen LogP contribution in [0, 0.1) is 0 Å². The lowest BCUT2D eigenvalue weighted by Crippen LogP contribution is -2.35. The molecule has 0 spiro atoms. The zero-order chi connectivity index (χ0) is 15.7. The largest absolute Gasteiger partial charge is 0.480 e. The SMILES string of the molecule is COC(=O)C(N)CC(=O)O[C@H]1CN[C@H](C(=O)O)C1.O[SiH3]. The molecule has 5 N–H and O–H groups in total. The van der Waals surface area contributed by atoms with Crippen molar-refractivity contribution in [3.63, 3.8) is 0 Å². The molecule has 1 saturated heterocycles. The fourth-order valence-electron chi connectivity index (χ4n) is 1.63. The Bertz CT molecular complexity index is 352. The predicted octanol–water partition coefficient (Wildman–Crippen LogP) is -3.51. The second-order valence-corrected chi connectivity index (χ2v) is 3.98. The molecule has 1 heterocycles. The van der Waals surface area contributed by atoms with Crippen LogP contribution in [0.2, 0.25) is 0 Å². The molecule has 0 aliphatic carbocycles. The smallest absolute Gasteiger partial charge is 0.323 e. The van der Waals surface area contributed by atoms with Gasteiger partial charge >= 0.3 is 17.9 Å². The average molecular weight is 308 g/mol. The lowest BCUT2D eigenvalue weighted by atomic mass is 10.2. The van der Waals surface area contributed by atoms with Crippen LogP contribution in [-0.4, -0.2) is 70.1 Å². The summed E-state index contributed by atoms with van der Waals surface area (Å²) < 4.78 is 9.37. The van der Waals surface area contributed by atoms with Crippen molar-refractivity contribution >= 4 is 28.4 Å². The van der Waals surface area contributed by atoms with Gasteiger partial charge in [-0.3, -0.25) is 14.4 Å². The number of carbonyl (C=O) groups is 3. The van der Waals surface area contributed by atoms with E-state index >= 15 is 0 Å². The van der Waals surface area contributed by atoms with Crippen LogP contribution in [0.5, 0.6) is 0 Å². The Hall–Kier alpha value is -1.49. The molecule has 1 fully saturated rings. The first-order chi connectivity index (χ1) is 9.43. The van der Waals surface area contributed by atoms with Crippen molar-refractivity contribution in [1.29, 1.82) is 0 Å². The van der Waals surface area contributed by atoms with Gasteiger partial charge in [-0.05, 0) is 0 Å². The summed E-state index contributed by atoms with van der Waals surface area (Å²) in [6, 6.07) is -1.77. The molecule has 116 valence electrons. The summed E-state index contributed by atoms with van der Waals surface area (Å²) in [5.41, 5.74) is 5.39. The summed E-state index contributed by atoms with van der Waals surface area (Å²) in [6.07, 6.45) is -0.599. The van der Waals surface area contributed by atoms with Gasteiger partial charge in [0.2, 0.25) is 0 Å². The maximum Gasteiger partial charge on any atom is 0.323 e. The highest BCUT2D eigenvalue weighted by Gasteiger charge is 2.32. The van der Waals surface area contributed by atoms with Crippen molar-refractivity contribution in [3.05, 3.63) is 0 Å². The average Bonchev–Trinajstić information content (AvgIpc) is 2.88. The minimum absolute atomic E-state index is 0.203. The molecule has 20 heavy (non-hydrogen) atoms. The third kappa shape index (κ3) is 6.10. The number of rotatable bonds is 5. The van der Waals surface area contributed by atoms with Gasteiger partial charge in [0.25, 0.3) is 0 Å². The number of methoxy groups -OCH3 is 1. The highest BCUT2D eigenvalue weighted by atomic mass is 28.2. The fraction of sp³-hybridized carbons (Fsp3) is 0.700. The zero-order valence-corrected chi connectivity index (χ0v) is 13.4. The van der Waals surface area contributed by atoms with Crippen LogP contribution in [0.1, 0.15) is 12.8 Å². The van der Waals surface area contributed by atoms with E-state index < -0.39 is 36.1 Å². The van der Waals surface area contributed by atoms with Crippen LogP contribution in [0.4, 0.5) is 0 Å². The Balaban J connectivity index is 0.00000172. The minimum atomic E-state index is -1.06. The first-order valence-electron chi connectivity index (χ1n) is 5.87. The van der Waals surface area contributed by atoms with E-state index in [1.54, 1.807) is 0 Å². The van der Waals surface area contributed by atoms with Crippen LogP contribution in [-0.2, 0) is 23.9 Å². The molecular weight excluding hydrogens is 288 g/mol. The highest BCUT2D eigenvalue weighted by molar-refractivity contribution is 5.95. The summed E-state index contributed by atoms with van der Waals surface area (Å²) in [4.78, 5) is 40.2. The normalized spacial score (nSPS) is 22.4. The van der Waals surface area contributed by atoms with E-state index in [1.807, 2.05) is 0 Å². The monoisotopic (exact) mass is 308 g/mol. The van der Waals surface area contributed by atoms with E-state index in [2.05, 4.69) is 10.1 Å². The van der Waals surface area contributed by atoms with Crippen LogP contribution >= 0.6 is 0 Å². The molecule has 0 radical (unpaired) electrons. The molecule has 0 aromatic heterocycles. The van der Waals surface area contributed by atoms with Gasteiger partial charge in [-0.25, -0.2) is 0 Å². The van der Waals surface area contributed by atoms with Crippen LogP contribution in [0.25, 0.3) is 0 Å². The molecule has 1 rings (SSSR count). The molecule has 10 heteroatoms. The molecule has 1 unspecified atom stereocenters. The van der Waals surface area contributed by atoms with Crippen LogP contribution in [0.3, 0.4) is 0 Å². The van der Waals surface area contributed by atoms with Crippen LogP contribution in [0.15, 0.2) is 0 Å². The molecule has 1 aliphatic rings. The van der Waals surface area contributed by atoms with E-state index in [-0.39, 0.29) is 19.4 Å². The van der Waals surface area contributed by atoms with Gasteiger partial charge in [-0.1, -0.05) is 0 Å². The van der Waals surface area contributed by atoms with Gasteiger partial charge in [-0.2, -0.15) is 0 Å². The number of esters is 2. The number of carboxylic acids is 1. The number of ether oxygens (including phenoxy) is 2. The molecule has 1 aliphatic heterocycles. The number of hydrogen-bond acceptors (Lipinski definition) is 8. The molecule has 0 amide bonds. The Morgan fingerprint density at radius 3 is 2.50 bits per heavy atom. The van der Waals surface area contributed by atoms with Crippen LogP contribution < -0.4 is 11.1 Å². The highest BCUT2D eigenvalue weighted by Crippen LogP contribution is 2.11. The van der Waals surface area contributed by atoms with Gasteiger partial charge in [0.15, 0.2) is 0 Å². The van der Waals surface area contributed by atoms with E-state index in [0.29, 0.717) is 10.5 Å². The van der Waals surface area contributed by atoms with E-state index in [1.165, 1.54) is 7.11 Å². The fourth-order valence-corrected chi connectivity index (χ4v) is 1.63. The zero-order valence-electron chi connectivity index (χ0n) is 11.4. The standard InChI is InChI=1S/C10H16N2O6.H4OSi/c1-17-10(16)6(11)3-8(13)18-5-2-7(9(14)15)12-4-5;1-2/h5-7,12H,2-4,11H2,1H3,(H,14,15);1H,2H3/t5-,6?,7+;/m1./s1. The Kier molecular flexibility index (Phi) is 8.71. The first kappa shape index (κ1) is 18.5. The van der Waals surface area contributed by atoms with Gasteiger partial charge in [0, 0.05) is 13.0 Å². The molecular formula is C10H20N2O7Si. The van der Waals surface area contributed by atoms with E-state index in [0.717, 1.165) is 0 Å². The number of carboxylic acid groups (broad SMARTS) is 1. The Labute approximate surface area is 119 Å². The number of nitrogens with one attached hydrogen (secondary N) is 1. The maximum atomic E-state index is 11.4. The lowest BCUT2D eigenvalue weighted by molar-refractivity contribution is -0.153. The first-order valence-corrected chi connectivity index (χ1v) is 6.77. The molecule has 3 atom stereocenters. The second kappa shape index (κ2) is 9.42. The van der Waals surface area contributed by atoms with Gasteiger partial charge in [0.1, 0.15) is 28.7 Å². The topological polar surface area (TPSA) is 148 Å². The van der Waals surface area contributed by atoms with Gasteiger partial charge in [0.05, 0.1) is 13.5 Å². The van der Waals surface area contributed by atoms with Gasteiger partial charge < -0.3 is 30.4 Å². The van der Waals surface area contributed by atoms with Crippen molar-refractivity contribution in [1.82, 2.24) is 5.32 Å². The molecule has 0 bridgehead atoms. The number of nitrogens with two attached hydrogens (primary N) is 1. The summed E-state index contributed by atoms with van der Waals surface area (Å²) >= 11 is 0. The van der Waals surface area contributed by atoms with E-state index in [9.17, 15) is 14.4 Å².